The lowest BCUT2D eigenvalue weighted by Crippen LogP contribution is -2.11. The standard InChI is InChI=1S/C13H11FO5/c1-3-7-17-13(16)18-9-5-6-11(10(14)8-9)19-12(15)4-2/h3-6,8H,1-2,7H2. The molecule has 1 rings (SSSR count). The van der Waals surface area contributed by atoms with E-state index in [1.54, 1.807) is 0 Å². The van der Waals surface area contributed by atoms with Gasteiger partial charge in [0.2, 0.25) is 0 Å². The summed E-state index contributed by atoms with van der Waals surface area (Å²) in [4.78, 5) is 22.0. The minimum Gasteiger partial charge on any atom is -0.430 e. The van der Waals surface area contributed by atoms with E-state index in [1.165, 1.54) is 12.1 Å². The molecule has 0 fully saturated rings. The summed E-state index contributed by atoms with van der Waals surface area (Å²) in [7, 11) is 0. The molecular weight excluding hydrogens is 255 g/mol. The van der Waals surface area contributed by atoms with E-state index in [0.29, 0.717) is 0 Å². The third-order valence-corrected chi connectivity index (χ3v) is 1.80. The summed E-state index contributed by atoms with van der Waals surface area (Å²) in [5.74, 6) is -2.02. The van der Waals surface area contributed by atoms with Crippen LogP contribution in [0, 0.1) is 5.82 Å². The highest BCUT2D eigenvalue weighted by Crippen LogP contribution is 2.23. The van der Waals surface area contributed by atoms with E-state index in [2.05, 4.69) is 27.4 Å². The van der Waals surface area contributed by atoms with Crippen molar-refractivity contribution in [3.05, 3.63) is 49.3 Å². The summed E-state index contributed by atoms with van der Waals surface area (Å²) in [5, 5.41) is 0. The first kappa shape index (κ1) is 14.4. The van der Waals surface area contributed by atoms with Crippen LogP contribution in [0.25, 0.3) is 0 Å². The molecule has 0 unspecified atom stereocenters. The molecule has 0 aliphatic carbocycles. The van der Waals surface area contributed by atoms with Crippen LogP contribution in [0.4, 0.5) is 9.18 Å². The van der Waals surface area contributed by atoms with Crippen molar-refractivity contribution in [1.29, 1.82) is 0 Å². The van der Waals surface area contributed by atoms with Gasteiger partial charge in [0.15, 0.2) is 11.6 Å². The van der Waals surface area contributed by atoms with Crippen LogP contribution in [0.2, 0.25) is 0 Å². The maximum absolute atomic E-state index is 13.5. The van der Waals surface area contributed by atoms with Crippen molar-refractivity contribution in [3.63, 3.8) is 0 Å². The maximum Gasteiger partial charge on any atom is 0.514 e. The van der Waals surface area contributed by atoms with Gasteiger partial charge in [-0.3, -0.25) is 0 Å². The number of hydrogen-bond acceptors (Lipinski definition) is 5. The average molecular weight is 266 g/mol. The molecule has 0 aliphatic rings. The van der Waals surface area contributed by atoms with Gasteiger partial charge in [-0.1, -0.05) is 19.2 Å². The van der Waals surface area contributed by atoms with Gasteiger partial charge in [0, 0.05) is 12.1 Å². The van der Waals surface area contributed by atoms with E-state index >= 15 is 0 Å². The predicted molar refractivity (Wildman–Crippen MR) is 64.4 cm³/mol. The first-order valence-electron chi connectivity index (χ1n) is 5.16. The molecule has 5 nitrogen and oxygen atoms in total. The molecule has 0 atom stereocenters. The number of hydrogen-bond donors (Lipinski definition) is 0. The molecule has 0 radical (unpaired) electrons. The third-order valence-electron chi connectivity index (χ3n) is 1.80. The number of esters is 1. The lowest BCUT2D eigenvalue weighted by Gasteiger charge is -2.06. The molecule has 0 amide bonds. The molecule has 0 heterocycles. The van der Waals surface area contributed by atoms with Crippen molar-refractivity contribution >= 4 is 12.1 Å². The molecule has 0 bridgehead atoms. The fourth-order valence-electron chi connectivity index (χ4n) is 1.03. The van der Waals surface area contributed by atoms with Crippen molar-refractivity contribution in [2.45, 2.75) is 0 Å². The van der Waals surface area contributed by atoms with Gasteiger partial charge in [-0.15, -0.1) is 0 Å². The van der Waals surface area contributed by atoms with Gasteiger partial charge in [0.25, 0.3) is 0 Å². The Morgan fingerprint density at radius 2 is 2.00 bits per heavy atom. The molecule has 1 aromatic rings. The number of rotatable bonds is 5. The molecule has 1 aromatic carbocycles. The molecule has 0 aromatic heterocycles. The van der Waals surface area contributed by atoms with E-state index < -0.39 is 17.9 Å². The third kappa shape index (κ3) is 4.63. The molecule has 0 spiro atoms. The summed E-state index contributed by atoms with van der Waals surface area (Å²) in [6.45, 7) is 6.52. The van der Waals surface area contributed by atoms with Crippen molar-refractivity contribution in [2.75, 3.05) is 6.61 Å². The largest absolute Gasteiger partial charge is 0.514 e. The van der Waals surface area contributed by atoms with Crippen LogP contribution in [0.3, 0.4) is 0 Å². The van der Waals surface area contributed by atoms with Crippen LogP contribution in [0.1, 0.15) is 0 Å². The highest BCUT2D eigenvalue weighted by Gasteiger charge is 2.11. The quantitative estimate of drug-likeness (QED) is 0.269. The smallest absolute Gasteiger partial charge is 0.430 e. The summed E-state index contributed by atoms with van der Waals surface area (Å²) in [5.41, 5.74) is 0. The second kappa shape index (κ2) is 6.95. The number of carbonyl (C=O) groups excluding carboxylic acids is 2. The van der Waals surface area contributed by atoms with E-state index in [4.69, 9.17) is 0 Å². The van der Waals surface area contributed by atoms with Gasteiger partial charge in [-0.05, 0) is 12.1 Å². The Balaban J connectivity index is 2.70. The van der Waals surface area contributed by atoms with E-state index in [1.807, 2.05) is 0 Å². The summed E-state index contributed by atoms with van der Waals surface area (Å²) >= 11 is 0. The van der Waals surface area contributed by atoms with Crippen LogP contribution in [-0.4, -0.2) is 18.7 Å². The summed E-state index contributed by atoms with van der Waals surface area (Å²) in [6, 6.07) is 3.29. The topological polar surface area (TPSA) is 61.8 Å². The van der Waals surface area contributed by atoms with Gasteiger partial charge in [0.1, 0.15) is 12.4 Å². The summed E-state index contributed by atoms with van der Waals surface area (Å²) in [6.07, 6.45) is 1.27. The zero-order valence-corrected chi connectivity index (χ0v) is 9.93. The minimum absolute atomic E-state index is 0.0175. The fraction of sp³-hybridized carbons (Fsp3) is 0.0769. The second-order valence-electron chi connectivity index (χ2n) is 3.17. The van der Waals surface area contributed by atoms with Crippen LogP contribution in [0.15, 0.2) is 43.5 Å². The minimum atomic E-state index is -0.991. The Hall–Kier alpha value is -2.63. The fourth-order valence-corrected chi connectivity index (χ4v) is 1.03. The van der Waals surface area contributed by atoms with Crippen LogP contribution in [-0.2, 0) is 9.53 Å². The number of carbonyl (C=O) groups is 2. The van der Waals surface area contributed by atoms with Gasteiger partial charge in [0.05, 0.1) is 0 Å². The van der Waals surface area contributed by atoms with Crippen molar-refractivity contribution < 1.29 is 28.2 Å². The van der Waals surface area contributed by atoms with Gasteiger partial charge in [-0.2, -0.15) is 0 Å². The maximum atomic E-state index is 13.5. The monoisotopic (exact) mass is 266 g/mol. The Labute approximate surface area is 108 Å². The average Bonchev–Trinajstić information content (AvgIpc) is 2.39. The van der Waals surface area contributed by atoms with E-state index in [-0.39, 0.29) is 18.1 Å². The lowest BCUT2D eigenvalue weighted by molar-refractivity contribution is -0.129. The normalized spacial score (nSPS) is 9.32. The first-order chi connectivity index (χ1) is 9.06. The molecule has 0 aliphatic heterocycles. The molecular formula is C13H11FO5. The van der Waals surface area contributed by atoms with Gasteiger partial charge < -0.3 is 14.2 Å². The Kier molecular flexibility index (Phi) is 5.28. The van der Waals surface area contributed by atoms with Crippen molar-refractivity contribution in [1.82, 2.24) is 0 Å². The molecule has 0 saturated carbocycles. The second-order valence-corrected chi connectivity index (χ2v) is 3.17. The molecule has 100 valence electrons. The lowest BCUT2D eigenvalue weighted by atomic mass is 10.3. The number of halogens is 1. The highest BCUT2D eigenvalue weighted by atomic mass is 19.1. The van der Waals surface area contributed by atoms with E-state index in [0.717, 1.165) is 18.2 Å². The molecule has 0 N–H and O–H groups in total. The number of ether oxygens (including phenoxy) is 3. The van der Waals surface area contributed by atoms with E-state index in [9.17, 15) is 14.0 Å². The molecule has 6 heteroatoms. The van der Waals surface area contributed by atoms with Crippen molar-refractivity contribution in [2.24, 2.45) is 0 Å². The highest BCUT2D eigenvalue weighted by molar-refractivity contribution is 5.83. The predicted octanol–water partition coefficient (Wildman–Crippen LogP) is 2.62. The van der Waals surface area contributed by atoms with Crippen molar-refractivity contribution in [3.8, 4) is 11.5 Å². The Morgan fingerprint density at radius 3 is 2.58 bits per heavy atom. The zero-order valence-electron chi connectivity index (χ0n) is 9.93. The van der Waals surface area contributed by atoms with Crippen LogP contribution in [0.5, 0.6) is 11.5 Å². The Morgan fingerprint density at radius 1 is 1.26 bits per heavy atom. The molecule has 0 saturated heterocycles. The Bertz CT molecular complexity index is 510. The molecule has 19 heavy (non-hydrogen) atoms. The van der Waals surface area contributed by atoms with Gasteiger partial charge in [-0.25, -0.2) is 14.0 Å². The SMILES string of the molecule is C=CCOC(=O)Oc1ccc(OC(=O)C=C)c(F)c1. The zero-order chi connectivity index (χ0) is 14.3. The number of benzene rings is 1. The van der Waals surface area contributed by atoms with Crippen LogP contribution < -0.4 is 9.47 Å². The summed E-state index contributed by atoms with van der Waals surface area (Å²) < 4.78 is 27.3. The van der Waals surface area contributed by atoms with Gasteiger partial charge >= 0.3 is 12.1 Å². The first-order valence-corrected chi connectivity index (χ1v) is 5.16. The van der Waals surface area contributed by atoms with Crippen LogP contribution >= 0.6 is 0 Å².